The second-order valence-electron chi connectivity index (χ2n) is 3.39. The zero-order valence-corrected chi connectivity index (χ0v) is 9.29. The fourth-order valence-corrected chi connectivity index (χ4v) is 1.96. The molecule has 0 unspecified atom stereocenters. The zero-order chi connectivity index (χ0) is 10.7. The van der Waals surface area contributed by atoms with Gasteiger partial charge < -0.3 is 5.11 Å². The lowest BCUT2D eigenvalue weighted by molar-refractivity contribution is 0.471. The van der Waals surface area contributed by atoms with Gasteiger partial charge >= 0.3 is 0 Å². The van der Waals surface area contributed by atoms with Crippen LogP contribution in [0, 0.1) is 6.92 Å². The minimum atomic E-state index is 0.350. The number of phenolic OH excluding ortho intramolecular Hbond substituents is 1. The van der Waals surface area contributed by atoms with Crippen LogP contribution in [0.25, 0.3) is 12.2 Å². The third-order valence-corrected chi connectivity index (χ3v) is 3.04. The van der Waals surface area contributed by atoms with Crippen LogP contribution in [0.15, 0.2) is 35.7 Å². The number of phenols is 1. The van der Waals surface area contributed by atoms with Gasteiger partial charge in [-0.2, -0.15) is 0 Å². The highest BCUT2D eigenvalue weighted by atomic mass is 32.1. The molecule has 76 valence electrons. The SMILES string of the molecule is Cc1cc(/C=C/c2cccs2)ccc1O. The summed E-state index contributed by atoms with van der Waals surface area (Å²) in [5.74, 6) is 0.350. The summed E-state index contributed by atoms with van der Waals surface area (Å²) in [6.45, 7) is 1.90. The average molecular weight is 216 g/mol. The van der Waals surface area contributed by atoms with Crippen molar-refractivity contribution in [3.63, 3.8) is 0 Å². The van der Waals surface area contributed by atoms with Crippen molar-refractivity contribution >= 4 is 23.5 Å². The Labute approximate surface area is 93.3 Å². The van der Waals surface area contributed by atoms with Crippen molar-refractivity contribution in [3.05, 3.63) is 51.7 Å². The van der Waals surface area contributed by atoms with Gasteiger partial charge in [0.15, 0.2) is 0 Å². The quantitative estimate of drug-likeness (QED) is 0.806. The molecule has 0 saturated carbocycles. The molecule has 0 radical (unpaired) electrons. The molecule has 1 aromatic carbocycles. The fourth-order valence-electron chi connectivity index (χ4n) is 1.35. The predicted molar refractivity (Wildman–Crippen MR) is 66.1 cm³/mol. The van der Waals surface area contributed by atoms with Crippen molar-refractivity contribution in [2.75, 3.05) is 0 Å². The molecule has 15 heavy (non-hydrogen) atoms. The second-order valence-corrected chi connectivity index (χ2v) is 4.37. The molecular weight excluding hydrogens is 204 g/mol. The molecule has 2 rings (SSSR count). The van der Waals surface area contributed by atoms with Crippen molar-refractivity contribution in [3.8, 4) is 5.75 Å². The summed E-state index contributed by atoms with van der Waals surface area (Å²) in [6, 6.07) is 9.72. The normalized spacial score (nSPS) is 11.0. The molecule has 0 aliphatic heterocycles. The summed E-state index contributed by atoms with van der Waals surface area (Å²) >= 11 is 1.71. The van der Waals surface area contributed by atoms with Gasteiger partial charge in [-0.05, 0) is 47.7 Å². The maximum absolute atomic E-state index is 9.37. The summed E-state index contributed by atoms with van der Waals surface area (Å²) in [7, 11) is 0. The first kappa shape index (κ1) is 9.99. The molecule has 2 aromatic rings. The van der Waals surface area contributed by atoms with Crippen molar-refractivity contribution in [2.45, 2.75) is 6.92 Å². The maximum Gasteiger partial charge on any atom is 0.118 e. The largest absolute Gasteiger partial charge is 0.508 e. The third kappa shape index (κ3) is 2.48. The fraction of sp³-hybridized carbons (Fsp3) is 0.0769. The van der Waals surface area contributed by atoms with Crippen molar-refractivity contribution in [1.82, 2.24) is 0 Å². The zero-order valence-electron chi connectivity index (χ0n) is 8.47. The molecule has 0 spiro atoms. The van der Waals surface area contributed by atoms with Gasteiger partial charge in [-0.25, -0.2) is 0 Å². The van der Waals surface area contributed by atoms with Gasteiger partial charge in [-0.15, -0.1) is 11.3 Å². The van der Waals surface area contributed by atoms with Crippen LogP contribution in [0.3, 0.4) is 0 Å². The molecule has 0 fully saturated rings. The summed E-state index contributed by atoms with van der Waals surface area (Å²) in [5.41, 5.74) is 2.02. The van der Waals surface area contributed by atoms with E-state index in [9.17, 15) is 5.11 Å². The first-order valence-electron chi connectivity index (χ1n) is 4.77. The van der Waals surface area contributed by atoms with Gasteiger partial charge in [0.25, 0.3) is 0 Å². The Morgan fingerprint density at radius 1 is 1.20 bits per heavy atom. The molecule has 0 aliphatic rings. The van der Waals surface area contributed by atoms with E-state index in [0.29, 0.717) is 5.75 Å². The van der Waals surface area contributed by atoms with E-state index < -0.39 is 0 Å². The van der Waals surface area contributed by atoms with E-state index >= 15 is 0 Å². The van der Waals surface area contributed by atoms with E-state index in [0.717, 1.165) is 11.1 Å². The Hall–Kier alpha value is -1.54. The van der Waals surface area contributed by atoms with Crippen LogP contribution in [0.5, 0.6) is 5.75 Å². The van der Waals surface area contributed by atoms with E-state index in [2.05, 4.69) is 23.6 Å². The van der Waals surface area contributed by atoms with Crippen LogP contribution in [0.2, 0.25) is 0 Å². The van der Waals surface area contributed by atoms with Gasteiger partial charge in [0.2, 0.25) is 0 Å². The van der Waals surface area contributed by atoms with E-state index in [-0.39, 0.29) is 0 Å². The van der Waals surface area contributed by atoms with Crippen LogP contribution in [0.4, 0.5) is 0 Å². The highest BCUT2D eigenvalue weighted by molar-refractivity contribution is 7.10. The molecule has 0 amide bonds. The van der Waals surface area contributed by atoms with Crippen LogP contribution in [0.1, 0.15) is 16.0 Å². The van der Waals surface area contributed by atoms with Crippen molar-refractivity contribution in [1.29, 1.82) is 0 Å². The van der Waals surface area contributed by atoms with Gasteiger partial charge in [0, 0.05) is 4.88 Å². The molecule has 1 nitrogen and oxygen atoms in total. The van der Waals surface area contributed by atoms with Gasteiger partial charge in [0.05, 0.1) is 0 Å². The first-order valence-corrected chi connectivity index (χ1v) is 5.65. The lowest BCUT2D eigenvalue weighted by Crippen LogP contribution is -1.76. The minimum absolute atomic E-state index is 0.350. The number of aryl methyl sites for hydroxylation is 1. The van der Waals surface area contributed by atoms with Gasteiger partial charge in [-0.3, -0.25) is 0 Å². The lowest BCUT2D eigenvalue weighted by atomic mass is 10.1. The average Bonchev–Trinajstić information content (AvgIpc) is 2.73. The van der Waals surface area contributed by atoms with E-state index in [1.54, 1.807) is 17.4 Å². The van der Waals surface area contributed by atoms with E-state index in [1.807, 2.05) is 25.1 Å². The van der Waals surface area contributed by atoms with Crippen molar-refractivity contribution < 1.29 is 5.11 Å². The highest BCUT2D eigenvalue weighted by Gasteiger charge is 1.95. The molecule has 0 bridgehead atoms. The van der Waals surface area contributed by atoms with Gasteiger partial charge in [0.1, 0.15) is 5.75 Å². The number of aromatic hydroxyl groups is 1. The smallest absolute Gasteiger partial charge is 0.118 e. The maximum atomic E-state index is 9.37. The summed E-state index contributed by atoms with van der Waals surface area (Å²) in [6.07, 6.45) is 4.13. The Morgan fingerprint density at radius 2 is 2.07 bits per heavy atom. The number of hydrogen-bond acceptors (Lipinski definition) is 2. The Morgan fingerprint density at radius 3 is 2.73 bits per heavy atom. The number of hydrogen-bond donors (Lipinski definition) is 1. The Bertz CT molecular complexity index is 469. The van der Waals surface area contributed by atoms with Crippen LogP contribution in [-0.4, -0.2) is 5.11 Å². The molecule has 0 aliphatic carbocycles. The molecule has 1 N–H and O–H groups in total. The molecule has 0 saturated heterocycles. The van der Waals surface area contributed by atoms with Crippen LogP contribution in [-0.2, 0) is 0 Å². The number of thiophene rings is 1. The van der Waals surface area contributed by atoms with E-state index in [1.165, 1.54) is 4.88 Å². The Balaban J connectivity index is 2.21. The van der Waals surface area contributed by atoms with E-state index in [4.69, 9.17) is 0 Å². The summed E-state index contributed by atoms with van der Waals surface area (Å²) in [5, 5.41) is 11.4. The minimum Gasteiger partial charge on any atom is -0.508 e. The molecule has 1 heterocycles. The highest BCUT2D eigenvalue weighted by Crippen LogP contribution is 2.19. The van der Waals surface area contributed by atoms with Crippen LogP contribution < -0.4 is 0 Å². The lowest BCUT2D eigenvalue weighted by Gasteiger charge is -1.99. The summed E-state index contributed by atoms with van der Waals surface area (Å²) < 4.78 is 0. The molecule has 0 atom stereocenters. The number of benzene rings is 1. The monoisotopic (exact) mass is 216 g/mol. The standard InChI is InChI=1S/C13H12OS/c1-10-9-11(5-7-13(10)14)4-6-12-3-2-8-15-12/h2-9,14H,1H3/b6-4+. The predicted octanol–water partition coefficient (Wildman–Crippen LogP) is 3.93. The van der Waals surface area contributed by atoms with Crippen LogP contribution >= 0.6 is 11.3 Å². The Kier molecular flexibility index (Phi) is 2.88. The summed E-state index contributed by atoms with van der Waals surface area (Å²) in [4.78, 5) is 1.24. The van der Waals surface area contributed by atoms with Crippen molar-refractivity contribution in [2.24, 2.45) is 0 Å². The second kappa shape index (κ2) is 4.32. The molecular formula is C13H12OS. The van der Waals surface area contributed by atoms with Gasteiger partial charge in [-0.1, -0.05) is 18.2 Å². The third-order valence-electron chi connectivity index (χ3n) is 2.20. The molecule has 2 heteroatoms. The topological polar surface area (TPSA) is 20.2 Å². The first-order chi connectivity index (χ1) is 7.25. The number of rotatable bonds is 2. The molecule has 1 aromatic heterocycles.